The molecule has 2 rings (SSSR count). The molecule has 1 aromatic carbocycles. The SMILES string of the molecule is COCC1(C(=O)NCC(O)c2cccc(OC(C)C)c2)CCNCC1. The molecule has 6 nitrogen and oxygen atoms in total. The van der Waals surface area contributed by atoms with Gasteiger partial charge in [0.2, 0.25) is 5.91 Å². The molecule has 1 aliphatic heterocycles. The van der Waals surface area contributed by atoms with Crippen LogP contribution < -0.4 is 15.4 Å². The van der Waals surface area contributed by atoms with Gasteiger partial charge in [0.05, 0.1) is 24.2 Å². The van der Waals surface area contributed by atoms with Gasteiger partial charge in [0.15, 0.2) is 0 Å². The van der Waals surface area contributed by atoms with Crippen molar-refractivity contribution in [2.75, 3.05) is 33.4 Å². The minimum Gasteiger partial charge on any atom is -0.491 e. The first-order chi connectivity index (χ1) is 12.0. The first-order valence-electron chi connectivity index (χ1n) is 8.89. The average molecular weight is 350 g/mol. The molecule has 1 aliphatic rings. The van der Waals surface area contributed by atoms with E-state index in [0.29, 0.717) is 12.4 Å². The van der Waals surface area contributed by atoms with Gasteiger partial charge in [0, 0.05) is 13.7 Å². The van der Waals surface area contributed by atoms with Crippen molar-refractivity contribution in [3.05, 3.63) is 29.8 Å². The first kappa shape index (κ1) is 19.7. The maximum atomic E-state index is 12.7. The number of piperidine rings is 1. The van der Waals surface area contributed by atoms with E-state index in [1.807, 2.05) is 38.1 Å². The second-order valence-corrected chi connectivity index (χ2v) is 6.93. The first-order valence-corrected chi connectivity index (χ1v) is 8.89. The molecule has 1 fully saturated rings. The maximum absolute atomic E-state index is 12.7. The fourth-order valence-electron chi connectivity index (χ4n) is 3.18. The van der Waals surface area contributed by atoms with Gasteiger partial charge in [-0.1, -0.05) is 12.1 Å². The number of carbonyl (C=O) groups is 1. The molecule has 6 heteroatoms. The van der Waals surface area contributed by atoms with Crippen molar-refractivity contribution in [1.29, 1.82) is 0 Å². The zero-order valence-electron chi connectivity index (χ0n) is 15.4. The monoisotopic (exact) mass is 350 g/mol. The van der Waals surface area contributed by atoms with Crippen LogP contribution >= 0.6 is 0 Å². The van der Waals surface area contributed by atoms with Gasteiger partial charge < -0.3 is 25.2 Å². The third-order valence-electron chi connectivity index (χ3n) is 4.53. The zero-order chi connectivity index (χ0) is 18.3. The summed E-state index contributed by atoms with van der Waals surface area (Å²) in [6, 6.07) is 7.35. The topological polar surface area (TPSA) is 79.8 Å². The lowest BCUT2D eigenvalue weighted by Crippen LogP contribution is -2.50. The number of rotatable bonds is 8. The summed E-state index contributed by atoms with van der Waals surface area (Å²) in [6.07, 6.45) is 0.767. The minimum absolute atomic E-state index is 0.0514. The summed E-state index contributed by atoms with van der Waals surface area (Å²) in [5.41, 5.74) is 0.215. The normalized spacial score (nSPS) is 18.0. The summed E-state index contributed by atoms with van der Waals surface area (Å²) in [7, 11) is 1.62. The van der Waals surface area contributed by atoms with E-state index in [1.165, 1.54) is 0 Å². The number of hydrogen-bond acceptors (Lipinski definition) is 5. The molecule has 140 valence electrons. The van der Waals surface area contributed by atoms with E-state index in [1.54, 1.807) is 7.11 Å². The third-order valence-corrected chi connectivity index (χ3v) is 4.53. The summed E-state index contributed by atoms with van der Waals surface area (Å²) in [5, 5.41) is 16.6. The Morgan fingerprint density at radius 1 is 1.36 bits per heavy atom. The second-order valence-electron chi connectivity index (χ2n) is 6.93. The highest BCUT2D eigenvalue weighted by Gasteiger charge is 2.39. The number of carbonyl (C=O) groups excluding carboxylic acids is 1. The quantitative estimate of drug-likeness (QED) is 0.664. The lowest BCUT2D eigenvalue weighted by atomic mass is 9.78. The molecule has 0 aromatic heterocycles. The zero-order valence-corrected chi connectivity index (χ0v) is 15.4. The Labute approximate surface area is 149 Å². The van der Waals surface area contributed by atoms with Crippen molar-refractivity contribution in [2.45, 2.75) is 38.9 Å². The molecule has 1 amide bonds. The molecule has 0 bridgehead atoms. The molecule has 0 saturated carbocycles. The van der Waals surface area contributed by atoms with E-state index in [-0.39, 0.29) is 18.6 Å². The largest absolute Gasteiger partial charge is 0.491 e. The third kappa shape index (κ3) is 5.42. The predicted octanol–water partition coefficient (Wildman–Crippen LogP) is 1.64. The molecular formula is C19H30N2O4. The Bertz CT molecular complexity index is 551. The standard InChI is InChI=1S/C19H30N2O4/c1-14(2)25-16-6-4-5-15(11-16)17(22)12-21-18(23)19(13-24-3)7-9-20-10-8-19/h4-6,11,14,17,20,22H,7-10,12-13H2,1-3H3,(H,21,23). The molecule has 0 aliphatic carbocycles. The Balaban J connectivity index is 1.96. The van der Waals surface area contributed by atoms with Crippen molar-refractivity contribution in [3.63, 3.8) is 0 Å². The number of aliphatic hydroxyl groups is 1. The van der Waals surface area contributed by atoms with E-state index in [9.17, 15) is 9.90 Å². The number of hydrogen-bond donors (Lipinski definition) is 3. The van der Waals surface area contributed by atoms with Crippen molar-refractivity contribution in [2.24, 2.45) is 5.41 Å². The van der Waals surface area contributed by atoms with Gasteiger partial charge in [-0.2, -0.15) is 0 Å². The van der Waals surface area contributed by atoms with Crippen LogP contribution in [0.15, 0.2) is 24.3 Å². The van der Waals surface area contributed by atoms with Crippen LogP contribution in [0.2, 0.25) is 0 Å². The second kappa shape index (κ2) is 9.17. The van der Waals surface area contributed by atoms with Crippen molar-refractivity contribution < 1.29 is 19.4 Å². The summed E-state index contributed by atoms with van der Waals surface area (Å²) in [6.45, 7) is 6.08. The highest BCUT2D eigenvalue weighted by atomic mass is 16.5. The van der Waals surface area contributed by atoms with Crippen LogP contribution in [0, 0.1) is 5.41 Å². The van der Waals surface area contributed by atoms with E-state index >= 15 is 0 Å². The van der Waals surface area contributed by atoms with Gasteiger partial charge >= 0.3 is 0 Å². The minimum atomic E-state index is -0.777. The number of amides is 1. The maximum Gasteiger partial charge on any atom is 0.228 e. The highest BCUT2D eigenvalue weighted by molar-refractivity contribution is 5.83. The molecule has 0 radical (unpaired) electrons. The van der Waals surface area contributed by atoms with E-state index in [2.05, 4.69) is 10.6 Å². The molecule has 1 saturated heterocycles. The molecule has 1 aromatic rings. The Morgan fingerprint density at radius 3 is 2.72 bits per heavy atom. The number of aliphatic hydroxyl groups excluding tert-OH is 1. The summed E-state index contributed by atoms with van der Waals surface area (Å²) in [4.78, 5) is 12.7. The van der Waals surface area contributed by atoms with Gasteiger partial charge in [0.1, 0.15) is 5.75 Å². The summed E-state index contributed by atoms with van der Waals surface area (Å²) < 4.78 is 10.9. The average Bonchev–Trinajstić information content (AvgIpc) is 2.60. The molecule has 1 unspecified atom stereocenters. The van der Waals surface area contributed by atoms with Gasteiger partial charge in [-0.25, -0.2) is 0 Å². The van der Waals surface area contributed by atoms with Gasteiger partial charge in [-0.3, -0.25) is 4.79 Å². The van der Waals surface area contributed by atoms with E-state index in [4.69, 9.17) is 9.47 Å². The summed E-state index contributed by atoms with van der Waals surface area (Å²) in [5.74, 6) is 0.663. The molecule has 1 atom stereocenters. The van der Waals surface area contributed by atoms with Crippen LogP contribution in [0.1, 0.15) is 38.4 Å². The lowest BCUT2D eigenvalue weighted by molar-refractivity contribution is -0.136. The Hall–Kier alpha value is -1.63. The molecular weight excluding hydrogens is 320 g/mol. The fraction of sp³-hybridized carbons (Fsp3) is 0.632. The number of ether oxygens (including phenoxy) is 2. The summed E-state index contributed by atoms with van der Waals surface area (Å²) >= 11 is 0. The van der Waals surface area contributed by atoms with E-state index in [0.717, 1.165) is 31.5 Å². The Kier molecular flexibility index (Phi) is 7.23. The molecule has 1 heterocycles. The fourth-order valence-corrected chi connectivity index (χ4v) is 3.18. The van der Waals surface area contributed by atoms with Crippen LogP contribution in [0.4, 0.5) is 0 Å². The van der Waals surface area contributed by atoms with Crippen LogP contribution in [-0.4, -0.2) is 50.5 Å². The van der Waals surface area contributed by atoms with Crippen molar-refractivity contribution >= 4 is 5.91 Å². The van der Waals surface area contributed by atoms with Crippen LogP contribution in [0.3, 0.4) is 0 Å². The van der Waals surface area contributed by atoms with Crippen molar-refractivity contribution in [1.82, 2.24) is 10.6 Å². The number of benzene rings is 1. The smallest absolute Gasteiger partial charge is 0.228 e. The van der Waals surface area contributed by atoms with Gasteiger partial charge in [-0.05, 0) is 57.5 Å². The van der Waals surface area contributed by atoms with E-state index < -0.39 is 11.5 Å². The Morgan fingerprint density at radius 2 is 2.08 bits per heavy atom. The lowest BCUT2D eigenvalue weighted by Gasteiger charge is -2.35. The number of nitrogens with one attached hydrogen (secondary N) is 2. The molecule has 25 heavy (non-hydrogen) atoms. The molecule has 0 spiro atoms. The van der Waals surface area contributed by atoms with Gasteiger partial charge in [0.25, 0.3) is 0 Å². The van der Waals surface area contributed by atoms with Gasteiger partial charge in [-0.15, -0.1) is 0 Å². The van der Waals surface area contributed by atoms with Crippen LogP contribution in [0.25, 0.3) is 0 Å². The van der Waals surface area contributed by atoms with Crippen molar-refractivity contribution in [3.8, 4) is 5.75 Å². The number of methoxy groups -OCH3 is 1. The predicted molar refractivity (Wildman–Crippen MR) is 96.6 cm³/mol. The highest BCUT2D eigenvalue weighted by Crippen LogP contribution is 2.29. The van der Waals surface area contributed by atoms with Crippen LogP contribution in [-0.2, 0) is 9.53 Å². The molecule has 3 N–H and O–H groups in total. The van der Waals surface area contributed by atoms with Crippen LogP contribution in [0.5, 0.6) is 5.75 Å².